The molecule has 2 rings (SSSR count). The van der Waals surface area contributed by atoms with Gasteiger partial charge in [-0.25, -0.2) is 0 Å². The molecular weight excluding hydrogens is 198 g/mol. The second-order valence-corrected chi connectivity index (χ2v) is 4.09. The van der Waals surface area contributed by atoms with Gasteiger partial charge in [0, 0.05) is 23.5 Å². The number of nitrogens with two attached hydrogens (primary N) is 1. The van der Waals surface area contributed by atoms with Crippen LogP contribution in [0.1, 0.15) is 18.2 Å². The average molecular weight is 215 g/mol. The van der Waals surface area contributed by atoms with Gasteiger partial charge < -0.3 is 5.73 Å². The third-order valence-electron chi connectivity index (χ3n) is 2.81. The van der Waals surface area contributed by atoms with Gasteiger partial charge in [0.15, 0.2) is 0 Å². The third-order valence-corrected chi connectivity index (χ3v) is 2.81. The van der Waals surface area contributed by atoms with Crippen LogP contribution >= 0.6 is 0 Å². The Morgan fingerprint density at radius 1 is 1.25 bits per heavy atom. The average Bonchev–Trinajstić information content (AvgIpc) is 2.58. The second kappa shape index (κ2) is 4.00. The Bertz CT molecular complexity index is 492. The maximum atomic E-state index is 5.86. The summed E-state index contributed by atoms with van der Waals surface area (Å²) in [6.07, 6.45) is 1.91. The predicted molar refractivity (Wildman–Crippen MR) is 67.2 cm³/mol. The number of hydrogen-bond acceptors (Lipinski definition) is 2. The lowest BCUT2D eigenvalue weighted by molar-refractivity contribution is 0.640. The molecule has 0 saturated carbocycles. The van der Waals surface area contributed by atoms with Crippen molar-refractivity contribution in [3.63, 3.8) is 0 Å². The molecule has 1 aromatic carbocycles. The molecule has 1 heterocycles. The minimum absolute atomic E-state index is 0.804. The van der Waals surface area contributed by atoms with Crippen LogP contribution in [0.4, 0.5) is 5.69 Å². The van der Waals surface area contributed by atoms with Crippen molar-refractivity contribution >= 4 is 5.69 Å². The summed E-state index contributed by atoms with van der Waals surface area (Å²) in [5.41, 5.74) is 11.3. The predicted octanol–water partition coefficient (Wildman–Crippen LogP) is 2.77. The lowest BCUT2D eigenvalue weighted by atomic mass is 10.0. The normalized spacial score (nSPS) is 10.7. The summed E-state index contributed by atoms with van der Waals surface area (Å²) >= 11 is 0. The summed E-state index contributed by atoms with van der Waals surface area (Å²) in [4.78, 5) is 0. The van der Waals surface area contributed by atoms with Gasteiger partial charge in [0.05, 0.1) is 6.20 Å². The van der Waals surface area contributed by atoms with Crippen molar-refractivity contribution in [2.45, 2.75) is 27.3 Å². The minimum atomic E-state index is 0.804. The fraction of sp³-hybridized carbons (Fsp3) is 0.308. The molecule has 84 valence electrons. The first-order chi connectivity index (χ1) is 7.61. The Labute approximate surface area is 95.9 Å². The number of aromatic nitrogens is 2. The Balaban J connectivity index is 2.54. The minimum Gasteiger partial charge on any atom is -0.399 e. The van der Waals surface area contributed by atoms with E-state index in [1.54, 1.807) is 0 Å². The molecule has 0 bridgehead atoms. The van der Waals surface area contributed by atoms with E-state index >= 15 is 0 Å². The van der Waals surface area contributed by atoms with E-state index in [2.05, 4.69) is 31.9 Å². The molecule has 0 saturated heterocycles. The summed E-state index contributed by atoms with van der Waals surface area (Å²) in [6.45, 7) is 7.13. The number of anilines is 1. The largest absolute Gasteiger partial charge is 0.399 e. The maximum absolute atomic E-state index is 5.86. The number of nitrogens with zero attached hydrogens (tertiary/aromatic N) is 2. The van der Waals surface area contributed by atoms with Gasteiger partial charge in [-0.2, -0.15) is 5.10 Å². The van der Waals surface area contributed by atoms with Crippen molar-refractivity contribution in [1.82, 2.24) is 9.78 Å². The molecule has 0 aliphatic carbocycles. The van der Waals surface area contributed by atoms with Gasteiger partial charge >= 0.3 is 0 Å². The molecule has 2 N–H and O–H groups in total. The summed E-state index contributed by atoms with van der Waals surface area (Å²) in [5, 5.41) is 4.35. The molecular formula is C13H17N3. The van der Waals surface area contributed by atoms with Crippen LogP contribution in [0, 0.1) is 13.8 Å². The molecule has 0 aliphatic rings. The number of nitrogen functional groups attached to an aromatic ring is 1. The summed E-state index contributed by atoms with van der Waals surface area (Å²) in [7, 11) is 0. The monoisotopic (exact) mass is 215 g/mol. The quantitative estimate of drug-likeness (QED) is 0.783. The van der Waals surface area contributed by atoms with Crippen molar-refractivity contribution in [3.8, 4) is 11.1 Å². The van der Waals surface area contributed by atoms with Crippen LogP contribution in [0.25, 0.3) is 11.1 Å². The van der Waals surface area contributed by atoms with Crippen molar-refractivity contribution in [3.05, 3.63) is 35.7 Å². The van der Waals surface area contributed by atoms with Gasteiger partial charge in [0.1, 0.15) is 0 Å². The molecule has 16 heavy (non-hydrogen) atoms. The Morgan fingerprint density at radius 2 is 2.00 bits per heavy atom. The van der Waals surface area contributed by atoms with Gasteiger partial charge in [-0.05, 0) is 44.0 Å². The first-order valence-corrected chi connectivity index (χ1v) is 5.51. The van der Waals surface area contributed by atoms with Crippen molar-refractivity contribution in [2.24, 2.45) is 0 Å². The van der Waals surface area contributed by atoms with Crippen LogP contribution in [0.3, 0.4) is 0 Å². The molecule has 0 unspecified atom stereocenters. The Morgan fingerprint density at radius 3 is 2.56 bits per heavy atom. The van der Waals surface area contributed by atoms with E-state index in [1.807, 2.05) is 23.0 Å². The molecule has 2 aromatic rings. The lowest BCUT2D eigenvalue weighted by Gasteiger charge is -2.05. The Kier molecular flexibility index (Phi) is 2.69. The smallest absolute Gasteiger partial charge is 0.0571 e. The van der Waals surface area contributed by atoms with Crippen molar-refractivity contribution in [1.29, 1.82) is 0 Å². The SMILES string of the molecule is CCn1ncc(-c2cc(C)cc(N)c2)c1C. The van der Waals surface area contributed by atoms with Gasteiger partial charge in [-0.15, -0.1) is 0 Å². The summed E-state index contributed by atoms with van der Waals surface area (Å²) in [6, 6.07) is 6.11. The third kappa shape index (κ3) is 1.81. The van der Waals surface area contributed by atoms with E-state index in [0.717, 1.165) is 23.4 Å². The highest BCUT2D eigenvalue weighted by atomic mass is 15.3. The van der Waals surface area contributed by atoms with Gasteiger partial charge in [0.2, 0.25) is 0 Å². The van der Waals surface area contributed by atoms with Gasteiger partial charge in [-0.1, -0.05) is 6.07 Å². The lowest BCUT2D eigenvalue weighted by Crippen LogP contribution is -1.98. The second-order valence-electron chi connectivity index (χ2n) is 4.09. The van der Waals surface area contributed by atoms with Crippen LogP contribution in [0.2, 0.25) is 0 Å². The van der Waals surface area contributed by atoms with Crippen molar-refractivity contribution in [2.75, 3.05) is 5.73 Å². The van der Waals surface area contributed by atoms with E-state index < -0.39 is 0 Å². The molecule has 3 nitrogen and oxygen atoms in total. The topological polar surface area (TPSA) is 43.8 Å². The van der Waals surface area contributed by atoms with Crippen LogP contribution in [0.15, 0.2) is 24.4 Å². The highest BCUT2D eigenvalue weighted by Gasteiger charge is 2.08. The number of rotatable bonds is 2. The molecule has 0 spiro atoms. The zero-order chi connectivity index (χ0) is 11.7. The number of hydrogen-bond donors (Lipinski definition) is 1. The first-order valence-electron chi connectivity index (χ1n) is 5.51. The van der Waals surface area contributed by atoms with E-state index in [-0.39, 0.29) is 0 Å². The van der Waals surface area contributed by atoms with Crippen molar-refractivity contribution < 1.29 is 0 Å². The zero-order valence-electron chi connectivity index (χ0n) is 9.99. The number of aryl methyl sites for hydroxylation is 2. The fourth-order valence-corrected chi connectivity index (χ4v) is 2.02. The standard InChI is InChI=1S/C13H17N3/c1-4-16-10(3)13(8-15-16)11-5-9(2)6-12(14)7-11/h5-8H,4,14H2,1-3H3. The zero-order valence-corrected chi connectivity index (χ0v) is 9.99. The first kappa shape index (κ1) is 10.7. The van der Waals surface area contributed by atoms with Crippen LogP contribution < -0.4 is 5.73 Å². The van der Waals surface area contributed by atoms with Crippen LogP contribution in [0.5, 0.6) is 0 Å². The molecule has 0 fully saturated rings. The molecule has 3 heteroatoms. The molecule has 0 atom stereocenters. The molecule has 0 amide bonds. The molecule has 0 aliphatic heterocycles. The van der Waals surface area contributed by atoms with E-state index in [0.29, 0.717) is 0 Å². The maximum Gasteiger partial charge on any atom is 0.0571 e. The molecule has 1 aromatic heterocycles. The highest BCUT2D eigenvalue weighted by Crippen LogP contribution is 2.26. The van der Waals surface area contributed by atoms with Gasteiger partial charge in [-0.3, -0.25) is 4.68 Å². The summed E-state index contributed by atoms with van der Waals surface area (Å²) in [5.74, 6) is 0. The van der Waals surface area contributed by atoms with E-state index in [9.17, 15) is 0 Å². The Hall–Kier alpha value is -1.77. The van der Waals surface area contributed by atoms with Gasteiger partial charge in [0.25, 0.3) is 0 Å². The summed E-state index contributed by atoms with van der Waals surface area (Å²) < 4.78 is 1.99. The van der Waals surface area contributed by atoms with E-state index in [4.69, 9.17) is 5.73 Å². The molecule has 0 radical (unpaired) electrons. The number of benzene rings is 1. The highest BCUT2D eigenvalue weighted by molar-refractivity contribution is 5.69. The van der Waals surface area contributed by atoms with Crippen LogP contribution in [-0.2, 0) is 6.54 Å². The van der Waals surface area contributed by atoms with E-state index in [1.165, 1.54) is 11.3 Å². The fourth-order valence-electron chi connectivity index (χ4n) is 2.02. The van der Waals surface area contributed by atoms with Crippen LogP contribution in [-0.4, -0.2) is 9.78 Å².